The molecule has 5 unspecified atom stereocenters. The number of allylic oxidation sites excluding steroid dienone is 1. The second kappa shape index (κ2) is 8.44. The van der Waals surface area contributed by atoms with Gasteiger partial charge in [0.2, 0.25) is 0 Å². The number of aliphatic imine (C=N–C) groups is 1. The summed E-state index contributed by atoms with van der Waals surface area (Å²) in [5.74, 6) is -0.493. The third kappa shape index (κ3) is 3.52. The number of hydrogen-bond acceptors (Lipinski definition) is 7. The number of hydrazine groups is 1. The normalized spacial score (nSPS) is 30.0. The largest absolute Gasteiger partial charge is 0.466 e. The van der Waals surface area contributed by atoms with Crippen LogP contribution in [0.3, 0.4) is 0 Å². The summed E-state index contributed by atoms with van der Waals surface area (Å²) >= 11 is 1.63. The molecule has 1 saturated heterocycles. The predicted molar refractivity (Wildman–Crippen MR) is 119 cm³/mol. The number of fused-ring (bicyclic) bond motifs is 1. The van der Waals surface area contributed by atoms with Crippen molar-refractivity contribution in [3.63, 3.8) is 0 Å². The molecule has 1 aliphatic carbocycles. The Morgan fingerprint density at radius 3 is 2.80 bits per heavy atom. The van der Waals surface area contributed by atoms with E-state index in [1.165, 1.54) is 11.1 Å². The molecule has 7 heteroatoms. The maximum atomic E-state index is 12.4. The van der Waals surface area contributed by atoms with Crippen LogP contribution in [0.15, 0.2) is 29.3 Å². The molecule has 6 nitrogen and oxygen atoms in total. The quantitative estimate of drug-likeness (QED) is 0.727. The SMILES string of the molecule is CCOC(=O)C1CCC1C1=NC2C(C#N)C(SC)NN2C(c2ccc(C)cc2C)=C1. The average molecular weight is 425 g/mol. The summed E-state index contributed by atoms with van der Waals surface area (Å²) in [6.07, 6.45) is 5.56. The Morgan fingerprint density at radius 2 is 2.20 bits per heavy atom. The minimum Gasteiger partial charge on any atom is -0.466 e. The van der Waals surface area contributed by atoms with Crippen LogP contribution in [0.1, 0.15) is 36.5 Å². The predicted octanol–water partition coefficient (Wildman–Crippen LogP) is 3.66. The second-order valence-electron chi connectivity index (χ2n) is 8.17. The van der Waals surface area contributed by atoms with Gasteiger partial charge in [0.15, 0.2) is 6.17 Å². The van der Waals surface area contributed by atoms with Gasteiger partial charge in [-0.3, -0.25) is 14.8 Å². The number of ether oxygens (including phenoxy) is 1. The van der Waals surface area contributed by atoms with Crippen LogP contribution in [0.5, 0.6) is 0 Å². The van der Waals surface area contributed by atoms with E-state index in [2.05, 4.69) is 49.6 Å². The molecular weight excluding hydrogens is 396 g/mol. The third-order valence-corrected chi connectivity index (χ3v) is 7.21. The van der Waals surface area contributed by atoms with Gasteiger partial charge in [0.25, 0.3) is 0 Å². The Morgan fingerprint density at radius 1 is 1.40 bits per heavy atom. The van der Waals surface area contributed by atoms with Crippen LogP contribution in [-0.4, -0.2) is 41.1 Å². The first-order chi connectivity index (χ1) is 14.5. The number of carbonyl (C=O) groups excluding carboxylic acids is 1. The van der Waals surface area contributed by atoms with Crippen molar-refractivity contribution in [3.8, 4) is 6.07 Å². The molecule has 2 heterocycles. The van der Waals surface area contributed by atoms with Crippen LogP contribution in [0.4, 0.5) is 0 Å². The molecular formula is C23H28N4O2S. The summed E-state index contributed by atoms with van der Waals surface area (Å²) in [5.41, 5.74) is 8.94. The van der Waals surface area contributed by atoms with Crippen LogP contribution in [0.25, 0.3) is 5.70 Å². The number of benzene rings is 1. The fourth-order valence-electron chi connectivity index (χ4n) is 4.59. The van der Waals surface area contributed by atoms with E-state index in [0.29, 0.717) is 6.61 Å². The molecule has 0 amide bonds. The lowest BCUT2D eigenvalue weighted by Gasteiger charge is -2.39. The highest BCUT2D eigenvalue weighted by Crippen LogP contribution is 2.43. The van der Waals surface area contributed by atoms with Crippen molar-refractivity contribution in [2.45, 2.75) is 45.2 Å². The third-order valence-electron chi connectivity index (χ3n) is 6.31. The van der Waals surface area contributed by atoms with Crippen molar-refractivity contribution in [2.24, 2.45) is 22.7 Å². The first-order valence-electron chi connectivity index (χ1n) is 10.5. The van der Waals surface area contributed by atoms with Crippen LogP contribution < -0.4 is 5.43 Å². The molecule has 0 radical (unpaired) electrons. The molecule has 3 aliphatic rings. The van der Waals surface area contributed by atoms with Gasteiger partial charge < -0.3 is 4.74 Å². The van der Waals surface area contributed by atoms with E-state index in [4.69, 9.17) is 9.73 Å². The fraction of sp³-hybridized carbons (Fsp3) is 0.522. The molecule has 2 aliphatic heterocycles. The summed E-state index contributed by atoms with van der Waals surface area (Å²) < 4.78 is 5.28. The molecule has 158 valence electrons. The van der Waals surface area contributed by atoms with Crippen molar-refractivity contribution in [3.05, 3.63) is 41.0 Å². The van der Waals surface area contributed by atoms with E-state index in [1.807, 2.05) is 18.2 Å². The van der Waals surface area contributed by atoms with Crippen LogP contribution in [-0.2, 0) is 9.53 Å². The molecule has 1 aromatic rings. The number of thioether (sulfide) groups is 1. The minimum absolute atomic E-state index is 0.0282. The van der Waals surface area contributed by atoms with E-state index in [1.54, 1.807) is 11.8 Å². The van der Waals surface area contributed by atoms with Crippen molar-refractivity contribution >= 4 is 29.1 Å². The Hall–Kier alpha value is -2.30. The average Bonchev–Trinajstić information content (AvgIpc) is 3.04. The Balaban J connectivity index is 1.75. The van der Waals surface area contributed by atoms with Crippen molar-refractivity contribution < 1.29 is 9.53 Å². The zero-order valence-electron chi connectivity index (χ0n) is 17.9. The number of hydrogen-bond donors (Lipinski definition) is 1. The Labute approximate surface area is 182 Å². The lowest BCUT2D eigenvalue weighted by atomic mass is 9.70. The fourth-order valence-corrected chi connectivity index (χ4v) is 5.30. The van der Waals surface area contributed by atoms with Gasteiger partial charge in [-0.15, -0.1) is 11.8 Å². The topological polar surface area (TPSA) is 77.7 Å². The van der Waals surface area contributed by atoms with Crippen LogP contribution >= 0.6 is 11.8 Å². The van der Waals surface area contributed by atoms with E-state index >= 15 is 0 Å². The number of esters is 1. The van der Waals surface area contributed by atoms with Gasteiger partial charge in [0.1, 0.15) is 5.92 Å². The highest BCUT2D eigenvalue weighted by atomic mass is 32.2. The zero-order chi connectivity index (χ0) is 21.4. The molecule has 4 rings (SSSR count). The molecule has 0 bridgehead atoms. The molecule has 30 heavy (non-hydrogen) atoms. The van der Waals surface area contributed by atoms with E-state index < -0.39 is 0 Å². The monoisotopic (exact) mass is 424 g/mol. The molecule has 1 saturated carbocycles. The van der Waals surface area contributed by atoms with Crippen LogP contribution in [0, 0.1) is 42.9 Å². The summed E-state index contributed by atoms with van der Waals surface area (Å²) in [6, 6.07) is 8.87. The van der Waals surface area contributed by atoms with Gasteiger partial charge in [0, 0.05) is 17.2 Å². The standard InChI is InChI=1S/C23H28N4O2S/c1-5-29-23(28)17-9-8-16(17)19-11-20(15-7-6-13(2)10-14(15)3)27-21(25-19)18(12-24)22(26-27)30-4/h6-7,10-11,16-18,21-22,26H,5,8-9H2,1-4H3. The lowest BCUT2D eigenvalue weighted by Crippen LogP contribution is -2.44. The smallest absolute Gasteiger partial charge is 0.309 e. The Bertz CT molecular complexity index is 951. The highest BCUT2D eigenvalue weighted by Gasteiger charge is 2.47. The zero-order valence-corrected chi connectivity index (χ0v) is 18.7. The van der Waals surface area contributed by atoms with Crippen molar-refractivity contribution in [1.29, 1.82) is 5.26 Å². The van der Waals surface area contributed by atoms with Gasteiger partial charge in [0.05, 0.1) is 29.7 Å². The summed E-state index contributed by atoms with van der Waals surface area (Å²) in [7, 11) is 0. The minimum atomic E-state index is -0.299. The summed E-state index contributed by atoms with van der Waals surface area (Å²) in [5, 5.41) is 11.9. The van der Waals surface area contributed by atoms with Gasteiger partial charge in [-0.2, -0.15) is 5.26 Å². The van der Waals surface area contributed by atoms with Gasteiger partial charge >= 0.3 is 5.97 Å². The molecule has 1 N–H and O–H groups in total. The highest BCUT2D eigenvalue weighted by molar-refractivity contribution is 7.99. The van der Waals surface area contributed by atoms with E-state index in [-0.39, 0.29) is 35.3 Å². The molecule has 2 fully saturated rings. The number of carbonyl (C=O) groups is 1. The van der Waals surface area contributed by atoms with E-state index in [0.717, 1.165) is 29.8 Å². The Kier molecular flexibility index (Phi) is 5.90. The van der Waals surface area contributed by atoms with Gasteiger partial charge in [-0.25, -0.2) is 5.43 Å². The molecule has 5 atom stereocenters. The number of aryl methyl sites for hydroxylation is 2. The summed E-state index contributed by atoms with van der Waals surface area (Å²) in [4.78, 5) is 17.4. The number of nitriles is 1. The van der Waals surface area contributed by atoms with Gasteiger partial charge in [-0.05, 0) is 51.5 Å². The number of rotatable bonds is 5. The molecule has 0 spiro atoms. The maximum Gasteiger partial charge on any atom is 0.309 e. The first-order valence-corrected chi connectivity index (χ1v) is 11.8. The maximum absolute atomic E-state index is 12.4. The number of nitrogens with zero attached hydrogens (tertiary/aromatic N) is 3. The van der Waals surface area contributed by atoms with E-state index in [9.17, 15) is 10.1 Å². The lowest BCUT2D eigenvalue weighted by molar-refractivity contribution is -0.152. The second-order valence-corrected chi connectivity index (χ2v) is 9.15. The summed E-state index contributed by atoms with van der Waals surface area (Å²) in [6.45, 7) is 6.43. The first kappa shape index (κ1) is 21.0. The molecule has 0 aromatic heterocycles. The van der Waals surface area contributed by atoms with Gasteiger partial charge in [-0.1, -0.05) is 23.8 Å². The van der Waals surface area contributed by atoms with Crippen molar-refractivity contribution in [1.82, 2.24) is 10.4 Å². The molecule has 1 aromatic carbocycles. The van der Waals surface area contributed by atoms with Crippen molar-refractivity contribution in [2.75, 3.05) is 12.9 Å². The number of nitrogens with one attached hydrogen (secondary N) is 1. The van der Waals surface area contributed by atoms with Crippen LogP contribution in [0.2, 0.25) is 0 Å².